The van der Waals surface area contributed by atoms with Crippen LogP contribution >= 0.6 is 15.9 Å². The first-order chi connectivity index (χ1) is 11.1. The summed E-state index contributed by atoms with van der Waals surface area (Å²) in [7, 11) is 0. The summed E-state index contributed by atoms with van der Waals surface area (Å²) in [6.07, 6.45) is 0. The van der Waals surface area contributed by atoms with Gasteiger partial charge in [0.05, 0.1) is 6.54 Å². The maximum Gasteiger partial charge on any atom is 0.134 e. The van der Waals surface area contributed by atoms with E-state index in [1.807, 2.05) is 18.2 Å². The van der Waals surface area contributed by atoms with Gasteiger partial charge in [-0.05, 0) is 55.3 Å². The van der Waals surface area contributed by atoms with E-state index in [0.29, 0.717) is 0 Å². The molecule has 0 bridgehead atoms. The van der Waals surface area contributed by atoms with Gasteiger partial charge in [0.25, 0.3) is 0 Å². The van der Waals surface area contributed by atoms with Crippen LogP contribution in [-0.4, -0.2) is 0 Å². The van der Waals surface area contributed by atoms with Crippen molar-refractivity contribution in [2.45, 2.75) is 26.9 Å². The second-order valence-corrected chi connectivity index (χ2v) is 6.73. The van der Waals surface area contributed by atoms with Gasteiger partial charge < -0.3 is 9.73 Å². The molecular formula is C20H20BrNO. The van der Waals surface area contributed by atoms with E-state index in [-0.39, 0.29) is 0 Å². The van der Waals surface area contributed by atoms with E-state index < -0.39 is 0 Å². The van der Waals surface area contributed by atoms with E-state index in [4.69, 9.17) is 4.42 Å². The van der Waals surface area contributed by atoms with Crippen molar-refractivity contribution in [3.8, 4) is 11.3 Å². The minimum atomic E-state index is 0.726. The van der Waals surface area contributed by atoms with E-state index in [1.165, 1.54) is 16.7 Å². The zero-order chi connectivity index (χ0) is 16.2. The minimum Gasteiger partial charge on any atom is -0.460 e. The van der Waals surface area contributed by atoms with Gasteiger partial charge >= 0.3 is 0 Å². The SMILES string of the molecule is Cc1ccc(CNCc2ccc(-c3ccc(Br)cc3C)o2)cc1. The fourth-order valence-electron chi connectivity index (χ4n) is 2.56. The zero-order valence-corrected chi connectivity index (χ0v) is 15.0. The lowest BCUT2D eigenvalue weighted by atomic mass is 10.1. The molecule has 3 aromatic rings. The van der Waals surface area contributed by atoms with Crippen molar-refractivity contribution in [2.24, 2.45) is 0 Å². The highest BCUT2D eigenvalue weighted by molar-refractivity contribution is 9.10. The molecule has 0 unspecified atom stereocenters. The van der Waals surface area contributed by atoms with Crippen LogP contribution in [0.25, 0.3) is 11.3 Å². The zero-order valence-electron chi connectivity index (χ0n) is 13.4. The molecule has 0 aliphatic carbocycles. The number of benzene rings is 2. The van der Waals surface area contributed by atoms with Crippen molar-refractivity contribution in [2.75, 3.05) is 0 Å². The number of aryl methyl sites for hydroxylation is 2. The van der Waals surface area contributed by atoms with Crippen molar-refractivity contribution >= 4 is 15.9 Å². The third-order valence-electron chi connectivity index (χ3n) is 3.86. The highest BCUT2D eigenvalue weighted by Gasteiger charge is 2.07. The summed E-state index contributed by atoms with van der Waals surface area (Å²) in [5, 5.41) is 3.42. The van der Waals surface area contributed by atoms with E-state index in [1.54, 1.807) is 0 Å². The summed E-state index contributed by atoms with van der Waals surface area (Å²) in [5.74, 6) is 1.87. The molecule has 0 radical (unpaired) electrons. The minimum absolute atomic E-state index is 0.726. The predicted octanol–water partition coefficient (Wildman–Crippen LogP) is 5.62. The molecule has 3 rings (SSSR count). The summed E-state index contributed by atoms with van der Waals surface area (Å²) in [4.78, 5) is 0. The smallest absolute Gasteiger partial charge is 0.134 e. The van der Waals surface area contributed by atoms with Crippen molar-refractivity contribution < 1.29 is 4.42 Å². The van der Waals surface area contributed by atoms with Crippen LogP contribution in [0, 0.1) is 13.8 Å². The lowest BCUT2D eigenvalue weighted by Crippen LogP contribution is -2.11. The van der Waals surface area contributed by atoms with Crippen LogP contribution in [0.3, 0.4) is 0 Å². The fourth-order valence-corrected chi connectivity index (χ4v) is 3.03. The van der Waals surface area contributed by atoms with Gasteiger partial charge in [-0.25, -0.2) is 0 Å². The summed E-state index contributed by atoms with van der Waals surface area (Å²) in [6.45, 7) is 5.76. The number of hydrogen-bond acceptors (Lipinski definition) is 2. The first-order valence-corrected chi connectivity index (χ1v) is 8.52. The summed E-state index contributed by atoms with van der Waals surface area (Å²) >= 11 is 3.49. The molecule has 0 saturated heterocycles. The van der Waals surface area contributed by atoms with Crippen LogP contribution in [0.2, 0.25) is 0 Å². The van der Waals surface area contributed by atoms with Crippen molar-refractivity contribution in [1.29, 1.82) is 0 Å². The summed E-state index contributed by atoms with van der Waals surface area (Å²) < 4.78 is 7.06. The summed E-state index contributed by atoms with van der Waals surface area (Å²) in [5.41, 5.74) is 4.91. The van der Waals surface area contributed by atoms with Crippen LogP contribution in [0.5, 0.6) is 0 Å². The van der Waals surface area contributed by atoms with Crippen LogP contribution in [0.15, 0.2) is 63.5 Å². The number of nitrogens with one attached hydrogen (secondary N) is 1. The molecule has 0 aliphatic rings. The molecule has 0 spiro atoms. The topological polar surface area (TPSA) is 25.2 Å². The average Bonchev–Trinajstić information content (AvgIpc) is 2.98. The molecule has 118 valence electrons. The monoisotopic (exact) mass is 369 g/mol. The fraction of sp³-hybridized carbons (Fsp3) is 0.200. The van der Waals surface area contributed by atoms with Crippen molar-refractivity contribution in [1.82, 2.24) is 5.32 Å². The van der Waals surface area contributed by atoms with Gasteiger partial charge in [0.15, 0.2) is 0 Å². The molecule has 3 heteroatoms. The lowest BCUT2D eigenvalue weighted by Gasteiger charge is -2.05. The molecule has 0 amide bonds. The third-order valence-corrected chi connectivity index (χ3v) is 4.36. The van der Waals surface area contributed by atoms with E-state index in [0.717, 1.165) is 34.6 Å². The Hall–Kier alpha value is -1.84. The largest absolute Gasteiger partial charge is 0.460 e. The van der Waals surface area contributed by atoms with Crippen LogP contribution in [0.4, 0.5) is 0 Å². The van der Waals surface area contributed by atoms with Crippen molar-refractivity contribution in [3.63, 3.8) is 0 Å². The van der Waals surface area contributed by atoms with Crippen LogP contribution in [0.1, 0.15) is 22.5 Å². The van der Waals surface area contributed by atoms with E-state index in [2.05, 4.69) is 71.5 Å². The number of rotatable bonds is 5. The third kappa shape index (κ3) is 4.12. The second-order valence-electron chi connectivity index (χ2n) is 5.81. The van der Waals surface area contributed by atoms with Crippen molar-refractivity contribution in [3.05, 3.63) is 81.5 Å². The van der Waals surface area contributed by atoms with Crippen LogP contribution in [-0.2, 0) is 13.1 Å². The standard InChI is InChI=1S/C20H20BrNO/c1-14-3-5-16(6-4-14)12-22-13-18-8-10-20(23-18)19-9-7-17(21)11-15(19)2/h3-11,22H,12-13H2,1-2H3. The predicted molar refractivity (Wildman–Crippen MR) is 98.3 cm³/mol. The number of hydrogen-bond donors (Lipinski definition) is 1. The number of furan rings is 1. The van der Waals surface area contributed by atoms with Gasteiger partial charge in [0, 0.05) is 16.6 Å². The highest BCUT2D eigenvalue weighted by atomic mass is 79.9. The second kappa shape index (κ2) is 7.16. The van der Waals surface area contributed by atoms with E-state index >= 15 is 0 Å². The Morgan fingerprint density at radius 1 is 0.913 bits per heavy atom. The quantitative estimate of drug-likeness (QED) is 0.631. The maximum absolute atomic E-state index is 5.97. The Morgan fingerprint density at radius 2 is 1.70 bits per heavy atom. The molecular weight excluding hydrogens is 350 g/mol. The molecule has 2 aromatic carbocycles. The Bertz CT molecular complexity index is 790. The lowest BCUT2D eigenvalue weighted by molar-refractivity contribution is 0.493. The first kappa shape index (κ1) is 16.0. The Labute approximate surface area is 145 Å². The Kier molecular flexibility index (Phi) is 4.99. The molecule has 1 N–H and O–H groups in total. The molecule has 2 nitrogen and oxygen atoms in total. The normalized spacial score (nSPS) is 10.9. The molecule has 0 saturated carbocycles. The van der Waals surface area contributed by atoms with Gasteiger partial charge in [-0.3, -0.25) is 0 Å². The van der Waals surface area contributed by atoms with Gasteiger partial charge in [-0.2, -0.15) is 0 Å². The number of halogens is 1. The molecule has 1 aromatic heterocycles. The Morgan fingerprint density at radius 3 is 2.43 bits per heavy atom. The van der Waals surface area contributed by atoms with Gasteiger partial charge in [0.1, 0.15) is 11.5 Å². The van der Waals surface area contributed by atoms with Gasteiger partial charge in [0.2, 0.25) is 0 Å². The molecule has 0 atom stereocenters. The van der Waals surface area contributed by atoms with Gasteiger partial charge in [-0.15, -0.1) is 0 Å². The average molecular weight is 370 g/mol. The molecule has 23 heavy (non-hydrogen) atoms. The summed E-state index contributed by atoms with van der Waals surface area (Å²) in [6, 6.07) is 18.9. The highest BCUT2D eigenvalue weighted by Crippen LogP contribution is 2.27. The molecule has 1 heterocycles. The maximum atomic E-state index is 5.97. The first-order valence-electron chi connectivity index (χ1n) is 7.73. The molecule has 0 aliphatic heterocycles. The Balaban J connectivity index is 1.62. The van der Waals surface area contributed by atoms with Gasteiger partial charge in [-0.1, -0.05) is 45.8 Å². The van der Waals surface area contributed by atoms with E-state index in [9.17, 15) is 0 Å². The van der Waals surface area contributed by atoms with Crippen LogP contribution < -0.4 is 5.32 Å². The molecule has 0 fully saturated rings.